The fourth-order valence-corrected chi connectivity index (χ4v) is 22.7. The minimum Gasteiger partial charge on any atom is -0.392 e. The molecule has 11 nitrogen and oxygen atoms in total. The largest absolute Gasteiger partial charge is 0.392 e. The molecular weight excluding hydrogens is 997 g/mol. The number of nitrogens with zero attached hydrogens (tertiary/aromatic N) is 1. The Balaban J connectivity index is 0.912. The van der Waals surface area contributed by atoms with E-state index in [0.717, 1.165) is 86.4 Å². The average molecular weight is 1090 g/mol. The molecule has 3 aliphatic heterocycles. The second-order valence-electron chi connectivity index (χ2n) is 30.5. The maximum atomic E-state index is 16.4. The quantitative estimate of drug-likeness (QED) is 0.0949. The number of fused-ring (bicyclic) bond motifs is 9. The Hall–Kier alpha value is -3.84. The van der Waals surface area contributed by atoms with Gasteiger partial charge in [-0.05, 0) is 195 Å². The number of aliphatic hydroxyl groups is 3. The molecule has 3 aromatic heterocycles. The first-order chi connectivity index (χ1) is 38.2. The van der Waals surface area contributed by atoms with Crippen LogP contribution in [-0.4, -0.2) is 91.6 Å². The second-order valence-corrected chi connectivity index (χ2v) is 30.5. The van der Waals surface area contributed by atoms with Crippen LogP contribution in [0.15, 0.2) is 54.0 Å². The van der Waals surface area contributed by atoms with Crippen LogP contribution in [-0.2, 0) is 44.1 Å². The topological polar surface area (TPSA) is 165 Å². The van der Waals surface area contributed by atoms with E-state index in [1.807, 2.05) is 0 Å². The van der Waals surface area contributed by atoms with Gasteiger partial charge in [0, 0.05) is 98.1 Å². The van der Waals surface area contributed by atoms with Gasteiger partial charge >= 0.3 is 0 Å². The summed E-state index contributed by atoms with van der Waals surface area (Å²) in [5.74, 6) is 0.797. The average Bonchev–Trinajstić information content (AvgIpc) is 2.05. The van der Waals surface area contributed by atoms with Gasteiger partial charge in [0.05, 0.1) is 40.4 Å². The molecule has 15 atom stereocenters. The molecule has 2 spiro atoms. The van der Waals surface area contributed by atoms with Gasteiger partial charge in [0.25, 0.3) is 0 Å². The zero-order valence-corrected chi connectivity index (χ0v) is 49.2. The minimum absolute atomic E-state index is 0.101. The Morgan fingerprint density at radius 2 is 1.66 bits per heavy atom. The SMILES string of the molecule is CN[C@@H]1CCC[C@@]2(C1)C(=O)[C@@H]1c3cc[nH]c3[C@@H]3CC[C@]1(C3)[C@@]1(C)[C@H]3[C@H](O)[C@@H]4Cn5cc(Cc6cc(C7CCCCC7)cc(C7(O)CCOCC7)c6)c6[nH]cc(c65)CC[C@@](C)(C[C@@H](O)[C@H]5OC5(C)C)C5=C4[C@](C)(CC5=O)[C@@]3(C)CC[C@@H]21. The Kier molecular flexibility index (Phi) is 11.8. The van der Waals surface area contributed by atoms with Gasteiger partial charge in [0.1, 0.15) is 11.9 Å². The zero-order chi connectivity index (χ0) is 55.3. The van der Waals surface area contributed by atoms with Crippen molar-refractivity contribution in [2.75, 3.05) is 20.3 Å². The lowest BCUT2D eigenvalue weighted by molar-refractivity contribution is -0.271. The number of aliphatic hydroxyl groups excluding tert-OH is 2. The van der Waals surface area contributed by atoms with Crippen LogP contribution in [0.4, 0.5) is 0 Å². The van der Waals surface area contributed by atoms with Gasteiger partial charge in [-0.2, -0.15) is 0 Å². The summed E-state index contributed by atoms with van der Waals surface area (Å²) in [6.07, 6.45) is 23.6. The van der Waals surface area contributed by atoms with Gasteiger partial charge in [0.2, 0.25) is 0 Å². The number of carbonyl (C=O) groups is 2. The van der Waals surface area contributed by atoms with Crippen molar-refractivity contribution in [2.24, 2.45) is 50.2 Å². The van der Waals surface area contributed by atoms with Crippen LogP contribution in [0.25, 0.3) is 11.0 Å². The highest BCUT2D eigenvalue weighted by atomic mass is 16.6. The summed E-state index contributed by atoms with van der Waals surface area (Å²) >= 11 is 0. The third kappa shape index (κ3) is 7.06. The number of ether oxygens (including phenoxy) is 2. The number of aryl methyl sites for hydroxylation is 1. The molecule has 6 N–H and O–H groups in total. The number of hydrogen-bond acceptors (Lipinski definition) is 8. The molecule has 8 fully saturated rings. The molecule has 8 aliphatic carbocycles. The van der Waals surface area contributed by atoms with Crippen molar-refractivity contribution in [3.05, 3.63) is 93.1 Å². The number of epoxide rings is 1. The fourth-order valence-electron chi connectivity index (χ4n) is 22.7. The Bertz CT molecular complexity index is 3220. The summed E-state index contributed by atoms with van der Waals surface area (Å²) in [6.45, 7) is 15.6. The lowest BCUT2D eigenvalue weighted by Crippen LogP contribution is -2.75. The number of hydrogen-bond donors (Lipinski definition) is 6. The van der Waals surface area contributed by atoms with Gasteiger partial charge in [-0.1, -0.05) is 71.6 Å². The maximum Gasteiger partial charge on any atom is 0.160 e. The highest BCUT2D eigenvalue weighted by molar-refractivity contribution is 6.02. The summed E-state index contributed by atoms with van der Waals surface area (Å²) in [6, 6.07) is 9.57. The van der Waals surface area contributed by atoms with Crippen LogP contribution in [0.2, 0.25) is 0 Å². The molecule has 0 unspecified atom stereocenters. The molecule has 15 rings (SSSR count). The number of rotatable bonds is 8. The second kappa shape index (κ2) is 17.9. The molecule has 11 heteroatoms. The van der Waals surface area contributed by atoms with Crippen LogP contribution < -0.4 is 5.32 Å². The zero-order valence-electron chi connectivity index (χ0n) is 49.2. The van der Waals surface area contributed by atoms with Gasteiger partial charge in [-0.3, -0.25) is 9.59 Å². The summed E-state index contributed by atoms with van der Waals surface area (Å²) in [5, 5.41) is 43.0. The first-order valence-corrected chi connectivity index (χ1v) is 32.1. The Labute approximate surface area is 474 Å². The van der Waals surface area contributed by atoms with Crippen LogP contribution in [0.1, 0.15) is 220 Å². The first kappa shape index (κ1) is 52.9. The predicted molar refractivity (Wildman–Crippen MR) is 309 cm³/mol. The van der Waals surface area contributed by atoms with Crippen molar-refractivity contribution in [1.82, 2.24) is 19.9 Å². The summed E-state index contributed by atoms with van der Waals surface area (Å²) in [7, 11) is 2.09. The van der Waals surface area contributed by atoms with Crippen molar-refractivity contribution >= 4 is 22.6 Å². The number of carbonyl (C=O) groups excluding carboxylic acids is 2. The number of benzene rings is 1. The third-order valence-corrected chi connectivity index (χ3v) is 26.6. The van der Waals surface area contributed by atoms with Crippen molar-refractivity contribution in [1.29, 1.82) is 0 Å². The van der Waals surface area contributed by atoms with Gasteiger partial charge in [0.15, 0.2) is 5.78 Å². The highest BCUT2D eigenvalue weighted by Gasteiger charge is 2.81. The highest BCUT2D eigenvalue weighted by Crippen LogP contribution is 2.84. The molecule has 2 saturated heterocycles. The van der Waals surface area contributed by atoms with Crippen LogP contribution in [0.3, 0.4) is 0 Å². The van der Waals surface area contributed by atoms with Crippen molar-refractivity contribution in [3.8, 4) is 0 Å². The number of H-pyrrole nitrogens is 2. The van der Waals surface area contributed by atoms with Gasteiger partial charge in [-0.25, -0.2) is 0 Å². The molecule has 80 heavy (non-hydrogen) atoms. The standard InChI is InChI=1S/C69H92N4O7/c1-62(2)61(80-62)50(75)34-63(3)20-15-42-36-72-56-44(29-39-28-43(40-12-9-8-10-13-40)31-45(30-39)69(78)23-26-79-27-24-69)37-73(57(42)56)38-48-52-54(63)49(74)35-65(52,5)64(4)21-17-51-66(6,59(64)58(48)76)68-22-16-41(32-68)55-47(18-25-71-55)53(68)60(77)67(51)19-11-14-46(33-67)70-7/h18,25,28,30-31,36-37,40-41,46,48,50-51,53,58-59,61,70-72,75-76,78H,8-17,19-24,26-27,29,32-35,38H2,1-7H3/t41-,46-,48-,50-,51-,53+,58-,59+,61-,63+,64+,65+,66-,67+,68-/m1/s1. The van der Waals surface area contributed by atoms with E-state index >= 15 is 9.59 Å². The van der Waals surface area contributed by atoms with E-state index in [-0.39, 0.29) is 41.1 Å². The maximum absolute atomic E-state index is 16.4. The molecule has 0 amide bonds. The van der Waals surface area contributed by atoms with Crippen molar-refractivity contribution in [2.45, 2.75) is 236 Å². The van der Waals surface area contributed by atoms with Crippen LogP contribution in [0.5, 0.6) is 0 Å². The normalized spacial score (nSPS) is 42.0. The van der Waals surface area contributed by atoms with E-state index in [9.17, 15) is 15.3 Å². The third-order valence-electron chi connectivity index (χ3n) is 26.6. The Morgan fingerprint density at radius 3 is 2.42 bits per heavy atom. The molecular formula is C69H92N4O7. The van der Waals surface area contributed by atoms with E-state index in [0.29, 0.717) is 75.9 Å². The van der Waals surface area contributed by atoms with E-state index < -0.39 is 56.4 Å². The molecule has 6 saturated carbocycles. The van der Waals surface area contributed by atoms with Crippen molar-refractivity contribution < 1.29 is 34.4 Å². The van der Waals surface area contributed by atoms with E-state index in [1.165, 1.54) is 71.1 Å². The van der Waals surface area contributed by atoms with Crippen LogP contribution in [0, 0.1) is 50.2 Å². The molecule has 6 heterocycles. The van der Waals surface area contributed by atoms with Gasteiger partial charge < -0.3 is 44.6 Å². The number of aromatic nitrogens is 3. The lowest BCUT2D eigenvalue weighted by atomic mass is 9.27. The Morgan fingerprint density at radius 1 is 0.875 bits per heavy atom. The molecule has 2 bridgehead atoms. The number of aromatic amines is 2. The number of nitrogens with one attached hydrogen (secondary N) is 3. The number of ketones is 2. The lowest BCUT2D eigenvalue weighted by Gasteiger charge is -2.76. The van der Waals surface area contributed by atoms with E-state index in [4.69, 9.17) is 9.47 Å². The van der Waals surface area contributed by atoms with E-state index in [2.05, 4.69) is 111 Å². The molecule has 11 aliphatic rings. The molecule has 4 aromatic rings. The predicted octanol–water partition coefficient (Wildman–Crippen LogP) is 11.9. The molecule has 0 radical (unpaired) electrons. The molecule has 1 aromatic carbocycles. The summed E-state index contributed by atoms with van der Waals surface area (Å²) < 4.78 is 14.5. The fraction of sp³-hybridized carbons (Fsp3) is 0.710. The smallest absolute Gasteiger partial charge is 0.160 e. The first-order valence-electron chi connectivity index (χ1n) is 32.1. The minimum atomic E-state index is -0.927. The van der Waals surface area contributed by atoms with Crippen LogP contribution >= 0.6 is 0 Å². The monoisotopic (exact) mass is 1090 g/mol. The number of Topliss-reactive ketones (excluding diaryl/α,β-unsaturated/α-hetero) is 2. The summed E-state index contributed by atoms with van der Waals surface area (Å²) in [5.41, 5.74) is 8.46. The summed E-state index contributed by atoms with van der Waals surface area (Å²) in [4.78, 5) is 39.9. The number of allylic oxidation sites excluding steroid dienone is 1. The van der Waals surface area contributed by atoms with Gasteiger partial charge in [-0.15, -0.1) is 0 Å². The molecule has 430 valence electrons. The van der Waals surface area contributed by atoms with Crippen molar-refractivity contribution in [3.63, 3.8) is 0 Å². The van der Waals surface area contributed by atoms with E-state index in [1.54, 1.807) is 0 Å².